The number of nitrogens with one attached hydrogen (secondary N) is 1. The fraction of sp³-hybridized carbons (Fsp3) is 0.130. The molecule has 0 aromatic heterocycles. The lowest BCUT2D eigenvalue weighted by Crippen LogP contribution is -2.11. The van der Waals surface area contributed by atoms with Gasteiger partial charge in [0.15, 0.2) is 0 Å². The van der Waals surface area contributed by atoms with Crippen molar-refractivity contribution < 1.29 is 4.74 Å². The zero-order chi connectivity index (χ0) is 17.7. The minimum atomic E-state index is -0.134. The summed E-state index contributed by atoms with van der Waals surface area (Å²) in [5, 5.41) is 4.38. The fourth-order valence-electron chi connectivity index (χ4n) is 3.83. The molecule has 1 aliphatic carbocycles. The standard InChI is InChI=1S/C23H18ClNO/c1-14-6-11-20-21(12-14)26-23(15-7-9-17(24)10-8-15)19-13-16-4-2-3-5-18(16)22(19)25-20/h2-12,23,25H,13H2,1H3. The van der Waals surface area contributed by atoms with Gasteiger partial charge in [-0.25, -0.2) is 0 Å². The van der Waals surface area contributed by atoms with Gasteiger partial charge in [0, 0.05) is 28.3 Å². The average Bonchev–Trinajstić information content (AvgIpc) is 2.93. The van der Waals surface area contributed by atoms with Crippen LogP contribution in [0.25, 0.3) is 5.70 Å². The van der Waals surface area contributed by atoms with E-state index in [0.29, 0.717) is 0 Å². The van der Waals surface area contributed by atoms with Crippen molar-refractivity contribution in [1.29, 1.82) is 0 Å². The predicted molar refractivity (Wildman–Crippen MR) is 107 cm³/mol. The average molecular weight is 360 g/mol. The number of aryl methyl sites for hydroxylation is 1. The second kappa shape index (κ2) is 5.93. The van der Waals surface area contributed by atoms with Gasteiger partial charge in [0.05, 0.1) is 5.69 Å². The molecule has 0 radical (unpaired) electrons. The lowest BCUT2D eigenvalue weighted by atomic mass is 9.99. The molecule has 26 heavy (non-hydrogen) atoms. The Balaban J connectivity index is 1.70. The summed E-state index contributed by atoms with van der Waals surface area (Å²) in [6.45, 7) is 2.09. The second-order valence-corrected chi connectivity index (χ2v) is 7.34. The molecule has 2 aliphatic rings. The van der Waals surface area contributed by atoms with Crippen molar-refractivity contribution in [3.63, 3.8) is 0 Å². The minimum Gasteiger partial charge on any atom is -0.479 e. The molecular formula is C23H18ClNO. The number of rotatable bonds is 1. The molecule has 1 heterocycles. The van der Waals surface area contributed by atoms with Gasteiger partial charge < -0.3 is 10.1 Å². The molecule has 2 nitrogen and oxygen atoms in total. The molecule has 3 aromatic carbocycles. The van der Waals surface area contributed by atoms with E-state index < -0.39 is 0 Å². The van der Waals surface area contributed by atoms with Crippen LogP contribution in [0, 0.1) is 6.92 Å². The third-order valence-corrected chi connectivity index (χ3v) is 5.37. The van der Waals surface area contributed by atoms with E-state index in [9.17, 15) is 0 Å². The highest BCUT2D eigenvalue weighted by molar-refractivity contribution is 6.30. The Morgan fingerprint density at radius 3 is 2.65 bits per heavy atom. The van der Waals surface area contributed by atoms with Gasteiger partial charge in [0.1, 0.15) is 11.9 Å². The first-order valence-corrected chi connectivity index (χ1v) is 9.18. The summed E-state index contributed by atoms with van der Waals surface area (Å²) in [5.41, 5.74) is 8.34. The lowest BCUT2D eigenvalue weighted by molar-refractivity contribution is 0.244. The molecule has 3 heteroatoms. The SMILES string of the molecule is Cc1ccc2c(c1)OC(c1ccc(Cl)cc1)C1=C(N2)c2ccccc2C1. The highest BCUT2D eigenvalue weighted by Crippen LogP contribution is 2.46. The molecule has 0 spiro atoms. The van der Waals surface area contributed by atoms with E-state index in [1.165, 1.54) is 28.0 Å². The summed E-state index contributed by atoms with van der Waals surface area (Å²) < 4.78 is 6.55. The van der Waals surface area contributed by atoms with Crippen LogP contribution in [0.2, 0.25) is 5.02 Å². The molecule has 1 aliphatic heterocycles. The third-order valence-electron chi connectivity index (χ3n) is 5.12. The first-order valence-electron chi connectivity index (χ1n) is 8.80. The molecule has 3 aromatic rings. The number of ether oxygens (including phenoxy) is 1. The smallest absolute Gasteiger partial charge is 0.148 e. The van der Waals surface area contributed by atoms with Gasteiger partial charge in [0.25, 0.3) is 0 Å². The summed E-state index contributed by atoms with van der Waals surface area (Å²) in [4.78, 5) is 0. The van der Waals surface area contributed by atoms with Crippen LogP contribution in [0.3, 0.4) is 0 Å². The van der Waals surface area contributed by atoms with Crippen LogP contribution in [0.4, 0.5) is 5.69 Å². The van der Waals surface area contributed by atoms with Crippen LogP contribution < -0.4 is 10.1 Å². The van der Waals surface area contributed by atoms with Crippen LogP contribution in [0.1, 0.15) is 28.4 Å². The zero-order valence-corrected chi connectivity index (χ0v) is 15.2. The molecule has 0 saturated carbocycles. The van der Waals surface area contributed by atoms with Gasteiger partial charge >= 0.3 is 0 Å². The maximum Gasteiger partial charge on any atom is 0.148 e. The van der Waals surface area contributed by atoms with Crippen LogP contribution in [-0.2, 0) is 6.42 Å². The molecule has 1 N–H and O–H groups in total. The number of halogens is 1. The monoisotopic (exact) mass is 359 g/mol. The van der Waals surface area contributed by atoms with E-state index in [-0.39, 0.29) is 6.10 Å². The van der Waals surface area contributed by atoms with Crippen molar-refractivity contribution in [2.24, 2.45) is 0 Å². The van der Waals surface area contributed by atoms with Crippen molar-refractivity contribution in [2.45, 2.75) is 19.4 Å². The number of benzene rings is 3. The topological polar surface area (TPSA) is 21.3 Å². The predicted octanol–water partition coefficient (Wildman–Crippen LogP) is 6.16. The largest absolute Gasteiger partial charge is 0.479 e. The fourth-order valence-corrected chi connectivity index (χ4v) is 3.95. The third kappa shape index (κ3) is 2.49. The summed E-state index contributed by atoms with van der Waals surface area (Å²) in [6.07, 6.45) is 0.754. The Morgan fingerprint density at radius 1 is 1.00 bits per heavy atom. The number of hydrogen-bond donors (Lipinski definition) is 1. The molecule has 0 fully saturated rings. The maximum absolute atomic E-state index is 6.55. The van der Waals surface area contributed by atoms with Crippen LogP contribution in [0.15, 0.2) is 72.3 Å². The summed E-state index contributed by atoms with van der Waals surface area (Å²) in [5.74, 6) is 0.886. The zero-order valence-electron chi connectivity index (χ0n) is 14.4. The Kier molecular flexibility index (Phi) is 3.54. The van der Waals surface area contributed by atoms with E-state index >= 15 is 0 Å². The summed E-state index contributed by atoms with van der Waals surface area (Å²) in [6, 6.07) is 22.8. The lowest BCUT2D eigenvalue weighted by Gasteiger charge is -2.20. The minimum absolute atomic E-state index is 0.134. The van der Waals surface area contributed by atoms with E-state index in [0.717, 1.165) is 28.4 Å². The first kappa shape index (κ1) is 15.5. The quantitative estimate of drug-likeness (QED) is 0.561. The van der Waals surface area contributed by atoms with Gasteiger partial charge in [-0.3, -0.25) is 0 Å². The second-order valence-electron chi connectivity index (χ2n) is 6.91. The Hall–Kier alpha value is -2.71. The maximum atomic E-state index is 6.55. The molecule has 0 saturated heterocycles. The summed E-state index contributed by atoms with van der Waals surface area (Å²) in [7, 11) is 0. The number of anilines is 1. The van der Waals surface area contributed by atoms with Gasteiger partial charge in [-0.1, -0.05) is 54.1 Å². The van der Waals surface area contributed by atoms with Crippen LogP contribution in [-0.4, -0.2) is 0 Å². The van der Waals surface area contributed by atoms with Crippen LogP contribution >= 0.6 is 11.6 Å². The number of fused-ring (bicyclic) bond motifs is 3. The van der Waals surface area contributed by atoms with Crippen molar-refractivity contribution in [3.05, 3.63) is 99.6 Å². The highest BCUT2D eigenvalue weighted by atomic mass is 35.5. The van der Waals surface area contributed by atoms with Gasteiger partial charge in [-0.15, -0.1) is 0 Å². The molecule has 5 rings (SSSR count). The van der Waals surface area contributed by atoms with Crippen molar-refractivity contribution in [1.82, 2.24) is 0 Å². The molecule has 0 bridgehead atoms. The van der Waals surface area contributed by atoms with Gasteiger partial charge in [-0.05, 0) is 47.9 Å². The summed E-state index contributed by atoms with van der Waals surface area (Å²) >= 11 is 6.10. The first-order chi connectivity index (χ1) is 12.7. The Bertz CT molecular complexity index is 1040. The van der Waals surface area contributed by atoms with E-state index in [4.69, 9.17) is 16.3 Å². The van der Waals surface area contributed by atoms with Crippen LogP contribution in [0.5, 0.6) is 5.75 Å². The highest BCUT2D eigenvalue weighted by Gasteiger charge is 2.32. The van der Waals surface area contributed by atoms with Crippen molar-refractivity contribution in [2.75, 3.05) is 5.32 Å². The Labute approximate surface area is 158 Å². The van der Waals surface area contributed by atoms with Gasteiger partial charge in [0.2, 0.25) is 0 Å². The normalized spacial score (nSPS) is 17.5. The van der Waals surface area contributed by atoms with E-state index in [1.54, 1.807) is 0 Å². The number of hydrogen-bond acceptors (Lipinski definition) is 2. The Morgan fingerprint density at radius 2 is 1.81 bits per heavy atom. The van der Waals surface area contributed by atoms with Crippen molar-refractivity contribution in [3.8, 4) is 5.75 Å². The molecular weight excluding hydrogens is 342 g/mol. The molecule has 0 amide bonds. The molecule has 1 atom stereocenters. The molecule has 128 valence electrons. The van der Waals surface area contributed by atoms with Crippen molar-refractivity contribution >= 4 is 23.0 Å². The van der Waals surface area contributed by atoms with E-state index in [1.807, 2.05) is 12.1 Å². The van der Waals surface area contributed by atoms with Gasteiger partial charge in [-0.2, -0.15) is 0 Å². The van der Waals surface area contributed by atoms with E-state index in [2.05, 4.69) is 66.8 Å². The molecule has 1 unspecified atom stereocenters.